The second-order valence-corrected chi connectivity index (χ2v) is 7.23. The van der Waals surface area contributed by atoms with E-state index in [0.29, 0.717) is 5.69 Å². The molecule has 2 aromatic carbocycles. The Labute approximate surface area is 167 Å². The van der Waals surface area contributed by atoms with E-state index in [-0.39, 0.29) is 5.69 Å². The number of halogens is 4. The summed E-state index contributed by atoms with van der Waals surface area (Å²) in [6.45, 7) is 3.74. The fourth-order valence-corrected chi connectivity index (χ4v) is 3.05. The molecule has 27 heavy (non-hydrogen) atoms. The zero-order valence-corrected chi connectivity index (χ0v) is 16.6. The average Bonchev–Trinajstić information content (AvgIpc) is 3.04. The number of rotatable bonds is 3. The van der Waals surface area contributed by atoms with E-state index in [0.717, 1.165) is 25.6 Å². The van der Waals surface area contributed by atoms with Crippen LogP contribution in [0.15, 0.2) is 48.7 Å². The Morgan fingerprint density at radius 3 is 2.37 bits per heavy atom. The van der Waals surface area contributed by atoms with Crippen LogP contribution >= 0.6 is 22.6 Å². The quantitative estimate of drug-likeness (QED) is 0.508. The van der Waals surface area contributed by atoms with E-state index in [9.17, 15) is 18.0 Å². The van der Waals surface area contributed by atoms with Gasteiger partial charge in [0.25, 0.3) is 5.91 Å². The molecule has 140 valence electrons. The Morgan fingerprint density at radius 2 is 1.78 bits per heavy atom. The van der Waals surface area contributed by atoms with Crippen LogP contribution in [0.3, 0.4) is 0 Å². The lowest BCUT2D eigenvalue weighted by Gasteiger charge is -2.13. The third-order valence-corrected chi connectivity index (χ3v) is 5.15. The van der Waals surface area contributed by atoms with Crippen LogP contribution in [0.1, 0.15) is 27.2 Å². The first-order chi connectivity index (χ1) is 12.7. The molecule has 8 heteroatoms. The van der Waals surface area contributed by atoms with Crippen LogP contribution in [0.2, 0.25) is 0 Å². The molecule has 1 aromatic heterocycles. The van der Waals surface area contributed by atoms with Crippen molar-refractivity contribution < 1.29 is 18.0 Å². The van der Waals surface area contributed by atoms with Crippen LogP contribution in [-0.4, -0.2) is 15.7 Å². The summed E-state index contributed by atoms with van der Waals surface area (Å²) in [5.74, 6) is -0.861. The van der Waals surface area contributed by atoms with Crippen molar-refractivity contribution in [1.82, 2.24) is 9.78 Å². The van der Waals surface area contributed by atoms with Crippen molar-refractivity contribution >= 4 is 34.2 Å². The molecular weight excluding hydrogens is 470 g/mol. The van der Waals surface area contributed by atoms with E-state index in [4.69, 9.17) is 0 Å². The molecular formula is C19H15F3IN3O. The molecule has 0 saturated carbocycles. The van der Waals surface area contributed by atoms with E-state index in [2.05, 4.69) is 33.0 Å². The highest BCUT2D eigenvalue weighted by Crippen LogP contribution is 2.34. The molecule has 0 unspecified atom stereocenters. The van der Waals surface area contributed by atoms with Gasteiger partial charge in [0.15, 0.2) is 5.69 Å². The molecule has 0 radical (unpaired) electrons. The van der Waals surface area contributed by atoms with Gasteiger partial charge in [-0.1, -0.05) is 23.8 Å². The predicted molar refractivity (Wildman–Crippen MR) is 105 cm³/mol. The van der Waals surface area contributed by atoms with Gasteiger partial charge in [0, 0.05) is 9.26 Å². The lowest BCUT2D eigenvalue weighted by molar-refractivity contribution is -0.143. The van der Waals surface area contributed by atoms with Crippen molar-refractivity contribution in [1.29, 1.82) is 0 Å². The zero-order valence-electron chi connectivity index (χ0n) is 14.4. The third-order valence-electron chi connectivity index (χ3n) is 3.99. The van der Waals surface area contributed by atoms with Crippen molar-refractivity contribution in [2.45, 2.75) is 20.0 Å². The molecule has 0 aliphatic rings. The summed E-state index contributed by atoms with van der Waals surface area (Å²) >= 11 is 2.10. The van der Waals surface area contributed by atoms with Crippen molar-refractivity contribution in [3.8, 4) is 5.69 Å². The number of hydrogen-bond donors (Lipinski definition) is 1. The molecule has 0 fully saturated rings. The maximum Gasteiger partial charge on any atom is 0.434 e. The standard InChI is InChI=1S/C19H15F3IN3O/c1-11-3-7-14(8-4-11)26-17(19(20,21)22)15(10-24-26)18(27)25-13-6-5-12(2)16(23)9-13/h3-10H,1-2H3,(H,25,27). The molecule has 3 rings (SSSR count). The van der Waals surface area contributed by atoms with Gasteiger partial charge >= 0.3 is 6.18 Å². The second-order valence-electron chi connectivity index (χ2n) is 6.07. The second kappa shape index (κ2) is 7.34. The molecule has 0 saturated heterocycles. The number of nitrogens with one attached hydrogen (secondary N) is 1. The zero-order chi connectivity index (χ0) is 19.8. The Morgan fingerprint density at radius 1 is 1.11 bits per heavy atom. The minimum atomic E-state index is -4.74. The number of carbonyl (C=O) groups excluding carboxylic acids is 1. The summed E-state index contributed by atoms with van der Waals surface area (Å²) < 4.78 is 42.7. The number of amides is 1. The Bertz CT molecular complexity index is 994. The summed E-state index contributed by atoms with van der Waals surface area (Å²) in [6.07, 6.45) is -3.80. The molecule has 0 bridgehead atoms. The number of benzene rings is 2. The lowest BCUT2D eigenvalue weighted by atomic mass is 10.2. The highest BCUT2D eigenvalue weighted by Gasteiger charge is 2.40. The van der Waals surface area contributed by atoms with Crippen LogP contribution < -0.4 is 5.32 Å². The number of aromatic nitrogens is 2. The van der Waals surface area contributed by atoms with Crippen LogP contribution in [0.25, 0.3) is 5.69 Å². The van der Waals surface area contributed by atoms with Crippen molar-refractivity contribution in [3.63, 3.8) is 0 Å². The van der Waals surface area contributed by atoms with Gasteiger partial charge in [0.2, 0.25) is 0 Å². The van der Waals surface area contributed by atoms with Crippen molar-refractivity contribution in [3.05, 3.63) is 74.6 Å². The molecule has 0 aliphatic carbocycles. The molecule has 1 amide bonds. The summed E-state index contributed by atoms with van der Waals surface area (Å²) in [6, 6.07) is 11.6. The molecule has 0 atom stereocenters. The number of aryl methyl sites for hydroxylation is 2. The molecule has 0 aliphatic heterocycles. The minimum Gasteiger partial charge on any atom is -0.322 e. The first-order valence-corrected chi connectivity index (χ1v) is 9.04. The number of alkyl halides is 3. The van der Waals surface area contributed by atoms with Gasteiger partial charge in [0.05, 0.1) is 17.4 Å². The number of hydrogen-bond acceptors (Lipinski definition) is 2. The first-order valence-electron chi connectivity index (χ1n) is 7.96. The topological polar surface area (TPSA) is 46.9 Å². The van der Waals surface area contributed by atoms with Crippen LogP contribution in [0, 0.1) is 17.4 Å². The highest BCUT2D eigenvalue weighted by atomic mass is 127. The summed E-state index contributed by atoms with van der Waals surface area (Å²) in [4.78, 5) is 12.5. The number of anilines is 1. The normalized spacial score (nSPS) is 11.5. The predicted octanol–water partition coefficient (Wildman–Crippen LogP) is 5.36. The maximum atomic E-state index is 13.7. The van der Waals surface area contributed by atoms with Crippen LogP contribution in [0.5, 0.6) is 0 Å². The number of carbonyl (C=O) groups is 1. The van der Waals surface area contributed by atoms with Gasteiger partial charge in [-0.3, -0.25) is 4.79 Å². The summed E-state index contributed by atoms with van der Waals surface area (Å²) in [5.41, 5.74) is 0.940. The van der Waals surface area contributed by atoms with Gasteiger partial charge in [-0.2, -0.15) is 18.3 Å². The van der Waals surface area contributed by atoms with Crippen molar-refractivity contribution in [2.24, 2.45) is 0 Å². The molecule has 1 heterocycles. The van der Waals surface area contributed by atoms with E-state index >= 15 is 0 Å². The lowest BCUT2D eigenvalue weighted by Crippen LogP contribution is -2.20. The Kier molecular flexibility index (Phi) is 5.27. The third kappa shape index (κ3) is 4.15. The Hall–Kier alpha value is -2.36. The summed E-state index contributed by atoms with van der Waals surface area (Å²) in [5, 5.41) is 6.33. The molecule has 4 nitrogen and oxygen atoms in total. The smallest absolute Gasteiger partial charge is 0.322 e. The maximum absolute atomic E-state index is 13.7. The summed E-state index contributed by atoms with van der Waals surface area (Å²) in [7, 11) is 0. The van der Waals surface area contributed by atoms with Gasteiger partial charge in [-0.15, -0.1) is 0 Å². The molecule has 1 N–H and O–H groups in total. The van der Waals surface area contributed by atoms with E-state index in [1.807, 2.05) is 13.8 Å². The van der Waals surface area contributed by atoms with Gasteiger partial charge < -0.3 is 5.32 Å². The van der Waals surface area contributed by atoms with E-state index < -0.39 is 23.3 Å². The first kappa shape index (κ1) is 19.4. The largest absolute Gasteiger partial charge is 0.434 e. The van der Waals surface area contributed by atoms with Gasteiger partial charge in [-0.05, 0) is 66.3 Å². The van der Waals surface area contributed by atoms with Crippen molar-refractivity contribution in [2.75, 3.05) is 5.32 Å². The number of nitrogens with zero attached hydrogens (tertiary/aromatic N) is 2. The molecule has 3 aromatic rings. The fraction of sp³-hybridized carbons (Fsp3) is 0.158. The van der Waals surface area contributed by atoms with Gasteiger partial charge in [0.1, 0.15) is 0 Å². The highest BCUT2D eigenvalue weighted by molar-refractivity contribution is 14.1. The minimum absolute atomic E-state index is 0.233. The van der Waals surface area contributed by atoms with Crippen LogP contribution in [-0.2, 0) is 6.18 Å². The molecule has 0 spiro atoms. The van der Waals surface area contributed by atoms with E-state index in [1.165, 1.54) is 12.1 Å². The monoisotopic (exact) mass is 485 g/mol. The fourth-order valence-electron chi connectivity index (χ4n) is 2.54. The van der Waals surface area contributed by atoms with Crippen LogP contribution in [0.4, 0.5) is 18.9 Å². The SMILES string of the molecule is Cc1ccc(-n2ncc(C(=O)Nc3ccc(C)c(I)c3)c2C(F)(F)F)cc1. The average molecular weight is 485 g/mol. The Balaban J connectivity index is 2.01. The van der Waals surface area contributed by atoms with Gasteiger partial charge in [-0.25, -0.2) is 4.68 Å². The van der Waals surface area contributed by atoms with E-state index in [1.54, 1.807) is 30.3 Å².